The summed E-state index contributed by atoms with van der Waals surface area (Å²) >= 11 is 0. The number of ether oxygens (including phenoxy) is 1. The Morgan fingerprint density at radius 1 is 1.21 bits per heavy atom. The third kappa shape index (κ3) is 4.43. The largest absolute Gasteiger partial charge is 0.497 e. The maximum absolute atomic E-state index is 12.9. The summed E-state index contributed by atoms with van der Waals surface area (Å²) in [5.74, 6) is 0.130. The van der Waals surface area contributed by atoms with E-state index in [1.807, 2.05) is 12.1 Å². The highest BCUT2D eigenvalue weighted by molar-refractivity contribution is 5.91. The molecule has 0 radical (unpaired) electrons. The van der Waals surface area contributed by atoms with E-state index < -0.39 is 6.04 Å². The van der Waals surface area contributed by atoms with Gasteiger partial charge in [0.25, 0.3) is 0 Å². The summed E-state index contributed by atoms with van der Waals surface area (Å²) in [6, 6.07) is 12.6. The minimum Gasteiger partial charge on any atom is -0.497 e. The van der Waals surface area contributed by atoms with Gasteiger partial charge in [0, 0.05) is 13.1 Å². The number of benzene rings is 2. The van der Waals surface area contributed by atoms with Gasteiger partial charge in [0.1, 0.15) is 11.6 Å². The van der Waals surface area contributed by atoms with Crippen LogP contribution in [-0.4, -0.2) is 36.7 Å². The van der Waals surface area contributed by atoms with Crippen LogP contribution < -0.4 is 4.74 Å². The first kappa shape index (κ1) is 17.7. The summed E-state index contributed by atoms with van der Waals surface area (Å²) in [6.07, 6.45) is 3.01. The molecule has 5 heteroatoms. The minimum absolute atomic E-state index is 0.195. The van der Waals surface area contributed by atoms with Gasteiger partial charge in [-0.3, -0.25) is 4.79 Å². The van der Waals surface area contributed by atoms with Crippen molar-refractivity contribution in [2.24, 2.45) is 0 Å². The summed E-state index contributed by atoms with van der Waals surface area (Å²) in [5, 5.41) is 9.65. The van der Waals surface area contributed by atoms with Crippen LogP contribution in [0.5, 0.6) is 5.75 Å². The second kappa shape index (κ2) is 8.26. The molecule has 0 aliphatic heterocycles. The molecule has 0 aliphatic rings. The highest BCUT2D eigenvalue weighted by Crippen LogP contribution is 2.22. The highest BCUT2D eigenvalue weighted by atomic mass is 19.1. The fourth-order valence-corrected chi connectivity index (χ4v) is 2.29. The first-order valence-electron chi connectivity index (χ1n) is 7.50. The molecule has 4 nitrogen and oxygen atoms in total. The zero-order chi connectivity index (χ0) is 17.5. The van der Waals surface area contributed by atoms with Crippen molar-refractivity contribution in [1.82, 2.24) is 4.90 Å². The molecule has 1 amide bonds. The summed E-state index contributed by atoms with van der Waals surface area (Å²) in [4.78, 5) is 13.8. The van der Waals surface area contributed by atoms with E-state index >= 15 is 0 Å². The molecule has 0 spiro atoms. The van der Waals surface area contributed by atoms with Crippen LogP contribution in [0.4, 0.5) is 4.39 Å². The fraction of sp³-hybridized carbons (Fsp3) is 0.211. The number of aliphatic hydroxyl groups excluding tert-OH is 1. The average Bonchev–Trinajstić information content (AvgIpc) is 2.62. The van der Waals surface area contributed by atoms with Crippen molar-refractivity contribution in [3.63, 3.8) is 0 Å². The molecule has 0 fully saturated rings. The lowest BCUT2D eigenvalue weighted by molar-refractivity contribution is -0.127. The maximum atomic E-state index is 12.9. The van der Waals surface area contributed by atoms with Crippen LogP contribution in [-0.2, 0) is 4.79 Å². The van der Waals surface area contributed by atoms with Crippen LogP contribution in [0.25, 0.3) is 6.08 Å². The molecular formula is C19H20FNO3. The Hall–Kier alpha value is -2.66. The Morgan fingerprint density at radius 3 is 2.38 bits per heavy atom. The van der Waals surface area contributed by atoms with Gasteiger partial charge in [-0.1, -0.05) is 24.3 Å². The number of amides is 1. The molecule has 1 N–H and O–H groups in total. The molecular weight excluding hydrogens is 309 g/mol. The number of rotatable bonds is 6. The maximum Gasteiger partial charge on any atom is 0.246 e. The van der Waals surface area contributed by atoms with E-state index in [1.165, 1.54) is 23.1 Å². The van der Waals surface area contributed by atoms with Crippen molar-refractivity contribution in [3.05, 3.63) is 71.6 Å². The molecule has 2 aromatic rings. The highest BCUT2D eigenvalue weighted by Gasteiger charge is 2.19. The molecule has 0 bridgehead atoms. The number of carbonyl (C=O) groups is 1. The van der Waals surface area contributed by atoms with Gasteiger partial charge in [-0.05, 0) is 41.5 Å². The predicted molar refractivity (Wildman–Crippen MR) is 91.0 cm³/mol. The van der Waals surface area contributed by atoms with E-state index in [1.54, 1.807) is 44.5 Å². The standard InChI is InChI=1S/C19H20FNO3/c1-21(18(13-22)15-6-10-17(24-2)11-7-15)19(23)12-5-14-3-8-16(20)9-4-14/h3-12,18,22H,13H2,1-2H3/b12-5+. The van der Waals surface area contributed by atoms with E-state index in [2.05, 4.69) is 0 Å². The molecule has 0 saturated carbocycles. The van der Waals surface area contributed by atoms with Crippen LogP contribution in [0.15, 0.2) is 54.6 Å². The molecule has 24 heavy (non-hydrogen) atoms. The number of carbonyl (C=O) groups excluding carboxylic acids is 1. The zero-order valence-corrected chi connectivity index (χ0v) is 13.6. The van der Waals surface area contributed by atoms with Crippen molar-refractivity contribution in [1.29, 1.82) is 0 Å². The van der Waals surface area contributed by atoms with Gasteiger partial charge in [0.05, 0.1) is 19.8 Å². The smallest absolute Gasteiger partial charge is 0.246 e. The van der Waals surface area contributed by atoms with Gasteiger partial charge in [-0.15, -0.1) is 0 Å². The predicted octanol–water partition coefficient (Wildman–Crippen LogP) is 3.04. The number of nitrogens with zero attached hydrogens (tertiary/aromatic N) is 1. The minimum atomic E-state index is -0.457. The molecule has 1 atom stereocenters. The Bertz CT molecular complexity index is 696. The van der Waals surface area contributed by atoms with Crippen molar-refractivity contribution in [2.45, 2.75) is 6.04 Å². The lowest BCUT2D eigenvalue weighted by Gasteiger charge is -2.26. The molecule has 0 heterocycles. The normalized spacial score (nSPS) is 12.2. The van der Waals surface area contributed by atoms with Crippen LogP contribution in [0.1, 0.15) is 17.2 Å². The monoisotopic (exact) mass is 329 g/mol. The summed E-state index contributed by atoms with van der Waals surface area (Å²) in [5.41, 5.74) is 1.53. The molecule has 2 aromatic carbocycles. The third-order valence-corrected chi connectivity index (χ3v) is 3.78. The molecule has 126 valence electrons. The summed E-state index contributed by atoms with van der Waals surface area (Å²) < 4.78 is 18.0. The number of aliphatic hydroxyl groups is 1. The first-order chi connectivity index (χ1) is 11.5. The van der Waals surface area contributed by atoms with Crippen LogP contribution >= 0.6 is 0 Å². The number of hydrogen-bond acceptors (Lipinski definition) is 3. The average molecular weight is 329 g/mol. The Morgan fingerprint density at radius 2 is 1.83 bits per heavy atom. The fourth-order valence-electron chi connectivity index (χ4n) is 2.29. The molecule has 0 saturated heterocycles. The van der Waals surface area contributed by atoms with Crippen molar-refractivity contribution in [3.8, 4) is 5.75 Å². The van der Waals surface area contributed by atoms with Gasteiger partial charge in [0.2, 0.25) is 5.91 Å². The number of hydrogen-bond donors (Lipinski definition) is 1. The topological polar surface area (TPSA) is 49.8 Å². The second-order valence-electron chi connectivity index (χ2n) is 5.31. The van der Waals surface area contributed by atoms with E-state index in [0.717, 1.165) is 11.1 Å². The van der Waals surface area contributed by atoms with Gasteiger partial charge in [-0.2, -0.15) is 0 Å². The number of likely N-dealkylation sites (N-methyl/N-ethyl adjacent to an activating group) is 1. The van der Waals surface area contributed by atoms with Gasteiger partial charge in [0.15, 0.2) is 0 Å². The Kier molecular flexibility index (Phi) is 6.09. The van der Waals surface area contributed by atoms with Crippen molar-refractivity contribution < 1.29 is 19.0 Å². The molecule has 0 aliphatic carbocycles. The van der Waals surface area contributed by atoms with E-state index in [0.29, 0.717) is 5.75 Å². The summed E-state index contributed by atoms with van der Waals surface area (Å²) in [6.45, 7) is -0.195. The van der Waals surface area contributed by atoms with Crippen LogP contribution in [0, 0.1) is 5.82 Å². The van der Waals surface area contributed by atoms with E-state index in [4.69, 9.17) is 4.74 Å². The SMILES string of the molecule is COc1ccc(C(CO)N(C)C(=O)/C=C/c2ccc(F)cc2)cc1. The Labute approximate surface area is 140 Å². The van der Waals surface area contributed by atoms with Gasteiger partial charge in [-0.25, -0.2) is 4.39 Å². The van der Waals surface area contributed by atoms with Crippen LogP contribution in [0.3, 0.4) is 0 Å². The van der Waals surface area contributed by atoms with Crippen LogP contribution in [0.2, 0.25) is 0 Å². The van der Waals surface area contributed by atoms with Gasteiger partial charge >= 0.3 is 0 Å². The molecule has 2 rings (SSSR count). The van der Waals surface area contributed by atoms with Crippen molar-refractivity contribution in [2.75, 3.05) is 20.8 Å². The quantitative estimate of drug-likeness (QED) is 0.829. The van der Waals surface area contributed by atoms with Gasteiger partial charge < -0.3 is 14.7 Å². The third-order valence-electron chi connectivity index (χ3n) is 3.78. The Balaban J connectivity index is 2.10. The molecule has 0 aromatic heterocycles. The van der Waals surface area contributed by atoms with Crippen molar-refractivity contribution >= 4 is 12.0 Å². The van der Waals surface area contributed by atoms with E-state index in [9.17, 15) is 14.3 Å². The number of halogens is 1. The zero-order valence-electron chi connectivity index (χ0n) is 13.6. The number of methoxy groups -OCH3 is 1. The molecule has 1 unspecified atom stereocenters. The lowest BCUT2D eigenvalue weighted by atomic mass is 10.1. The first-order valence-corrected chi connectivity index (χ1v) is 7.50. The lowest BCUT2D eigenvalue weighted by Crippen LogP contribution is -2.32. The van der Waals surface area contributed by atoms with E-state index in [-0.39, 0.29) is 18.3 Å². The summed E-state index contributed by atoms with van der Waals surface area (Å²) in [7, 11) is 3.21. The second-order valence-corrected chi connectivity index (χ2v) is 5.31.